The molecule has 2 aromatic rings. The minimum atomic E-state index is 0.0133. The molecule has 0 aromatic heterocycles. The standard InChI is InChI=1S/C18H22N2O/c1-5-19-15-8-11-17(14(3)12-15)18(21)20(4)16-9-6-13(2)7-10-16/h6-12,19H,5H2,1-4H3. The number of nitrogens with zero attached hydrogens (tertiary/aromatic N) is 1. The molecule has 21 heavy (non-hydrogen) atoms. The van der Waals surface area contributed by atoms with Crippen molar-refractivity contribution in [3.05, 3.63) is 59.2 Å². The first-order valence-electron chi connectivity index (χ1n) is 7.22. The fourth-order valence-electron chi connectivity index (χ4n) is 2.28. The highest BCUT2D eigenvalue weighted by atomic mass is 16.2. The van der Waals surface area contributed by atoms with Gasteiger partial charge in [-0.2, -0.15) is 0 Å². The lowest BCUT2D eigenvalue weighted by molar-refractivity contribution is 0.0992. The normalized spacial score (nSPS) is 10.3. The second kappa shape index (κ2) is 6.44. The Labute approximate surface area is 126 Å². The molecule has 0 heterocycles. The lowest BCUT2D eigenvalue weighted by Crippen LogP contribution is -2.26. The second-order valence-corrected chi connectivity index (χ2v) is 5.26. The Hall–Kier alpha value is -2.29. The van der Waals surface area contributed by atoms with Gasteiger partial charge in [-0.05, 0) is 56.7 Å². The van der Waals surface area contributed by atoms with Crippen LogP contribution in [0.1, 0.15) is 28.4 Å². The Morgan fingerprint density at radius 1 is 1.10 bits per heavy atom. The van der Waals surface area contributed by atoms with Crippen molar-refractivity contribution in [3.8, 4) is 0 Å². The third-order valence-electron chi connectivity index (χ3n) is 3.56. The Morgan fingerprint density at radius 3 is 2.33 bits per heavy atom. The number of carbonyl (C=O) groups is 1. The molecule has 3 nitrogen and oxygen atoms in total. The third-order valence-corrected chi connectivity index (χ3v) is 3.56. The number of hydrogen-bond acceptors (Lipinski definition) is 2. The molecule has 0 fully saturated rings. The summed E-state index contributed by atoms with van der Waals surface area (Å²) in [5, 5.41) is 3.26. The van der Waals surface area contributed by atoms with E-state index in [0.29, 0.717) is 0 Å². The van der Waals surface area contributed by atoms with E-state index < -0.39 is 0 Å². The van der Waals surface area contributed by atoms with Crippen molar-refractivity contribution in [3.63, 3.8) is 0 Å². The van der Waals surface area contributed by atoms with Crippen LogP contribution in [0.2, 0.25) is 0 Å². The van der Waals surface area contributed by atoms with Crippen LogP contribution in [0.25, 0.3) is 0 Å². The van der Waals surface area contributed by atoms with E-state index in [9.17, 15) is 4.79 Å². The molecule has 0 radical (unpaired) electrons. The van der Waals surface area contributed by atoms with Crippen LogP contribution < -0.4 is 10.2 Å². The molecule has 0 saturated heterocycles. The predicted octanol–water partition coefficient (Wildman–Crippen LogP) is 4.01. The Kier molecular flexibility index (Phi) is 4.63. The van der Waals surface area contributed by atoms with E-state index in [1.54, 1.807) is 4.90 Å². The number of carbonyl (C=O) groups excluding carboxylic acids is 1. The lowest BCUT2D eigenvalue weighted by atomic mass is 10.1. The zero-order chi connectivity index (χ0) is 15.4. The molecule has 0 atom stereocenters. The van der Waals surface area contributed by atoms with Crippen LogP contribution in [0.3, 0.4) is 0 Å². The van der Waals surface area contributed by atoms with Crippen LogP contribution in [0, 0.1) is 13.8 Å². The molecule has 110 valence electrons. The summed E-state index contributed by atoms with van der Waals surface area (Å²) in [6.45, 7) is 6.93. The van der Waals surface area contributed by atoms with Gasteiger partial charge in [-0.25, -0.2) is 0 Å². The summed E-state index contributed by atoms with van der Waals surface area (Å²) in [6.07, 6.45) is 0. The smallest absolute Gasteiger partial charge is 0.258 e. The van der Waals surface area contributed by atoms with Gasteiger partial charge in [0, 0.05) is 30.5 Å². The second-order valence-electron chi connectivity index (χ2n) is 5.26. The van der Waals surface area contributed by atoms with E-state index in [1.165, 1.54) is 5.56 Å². The van der Waals surface area contributed by atoms with Crippen molar-refractivity contribution >= 4 is 17.3 Å². The molecule has 2 rings (SSSR count). The number of hydrogen-bond donors (Lipinski definition) is 1. The van der Waals surface area contributed by atoms with E-state index in [1.807, 2.05) is 63.4 Å². The average Bonchev–Trinajstić information content (AvgIpc) is 2.47. The van der Waals surface area contributed by atoms with Gasteiger partial charge in [-0.15, -0.1) is 0 Å². The highest BCUT2D eigenvalue weighted by Crippen LogP contribution is 2.20. The van der Waals surface area contributed by atoms with E-state index in [-0.39, 0.29) is 5.91 Å². The van der Waals surface area contributed by atoms with Crippen molar-refractivity contribution in [2.75, 3.05) is 23.8 Å². The molecule has 2 aromatic carbocycles. The molecule has 1 amide bonds. The molecule has 0 unspecified atom stereocenters. The van der Waals surface area contributed by atoms with Crippen LogP contribution >= 0.6 is 0 Å². The summed E-state index contributed by atoms with van der Waals surface area (Å²) in [7, 11) is 1.81. The Bertz CT molecular complexity index is 632. The maximum absolute atomic E-state index is 12.6. The van der Waals surface area contributed by atoms with Gasteiger partial charge >= 0.3 is 0 Å². The van der Waals surface area contributed by atoms with E-state index in [0.717, 1.165) is 29.0 Å². The summed E-state index contributed by atoms with van der Waals surface area (Å²) < 4.78 is 0. The summed E-state index contributed by atoms with van der Waals surface area (Å²) >= 11 is 0. The van der Waals surface area contributed by atoms with Gasteiger partial charge < -0.3 is 10.2 Å². The first kappa shape index (κ1) is 15.1. The summed E-state index contributed by atoms with van der Waals surface area (Å²) in [5.41, 5.74) is 4.85. The minimum absolute atomic E-state index is 0.0133. The largest absolute Gasteiger partial charge is 0.385 e. The molecule has 0 spiro atoms. The lowest BCUT2D eigenvalue weighted by Gasteiger charge is -2.19. The van der Waals surface area contributed by atoms with Gasteiger partial charge in [0.05, 0.1) is 0 Å². The van der Waals surface area contributed by atoms with Gasteiger partial charge in [0.1, 0.15) is 0 Å². The van der Waals surface area contributed by atoms with Crippen molar-refractivity contribution in [2.24, 2.45) is 0 Å². The van der Waals surface area contributed by atoms with E-state index in [4.69, 9.17) is 0 Å². The number of anilines is 2. The summed E-state index contributed by atoms with van der Waals surface area (Å²) in [6, 6.07) is 13.8. The fourth-order valence-corrected chi connectivity index (χ4v) is 2.28. The molecule has 0 aliphatic rings. The maximum atomic E-state index is 12.6. The van der Waals surface area contributed by atoms with Crippen molar-refractivity contribution in [2.45, 2.75) is 20.8 Å². The summed E-state index contributed by atoms with van der Waals surface area (Å²) in [5.74, 6) is 0.0133. The van der Waals surface area contributed by atoms with Crippen LogP contribution in [-0.4, -0.2) is 19.5 Å². The van der Waals surface area contributed by atoms with E-state index in [2.05, 4.69) is 12.2 Å². The molecule has 3 heteroatoms. The SMILES string of the molecule is CCNc1ccc(C(=O)N(C)c2ccc(C)cc2)c(C)c1. The zero-order valence-corrected chi connectivity index (χ0v) is 13.1. The Balaban J connectivity index is 2.25. The summed E-state index contributed by atoms with van der Waals surface area (Å²) in [4.78, 5) is 14.3. The van der Waals surface area contributed by atoms with E-state index >= 15 is 0 Å². The maximum Gasteiger partial charge on any atom is 0.258 e. The van der Waals surface area contributed by atoms with Gasteiger partial charge in [0.2, 0.25) is 0 Å². The molecule has 0 aliphatic carbocycles. The molecule has 0 bridgehead atoms. The predicted molar refractivity (Wildman–Crippen MR) is 89.3 cm³/mol. The molecular weight excluding hydrogens is 260 g/mol. The first-order valence-corrected chi connectivity index (χ1v) is 7.22. The highest BCUT2D eigenvalue weighted by Gasteiger charge is 2.15. The van der Waals surface area contributed by atoms with Crippen LogP contribution in [0.4, 0.5) is 11.4 Å². The fraction of sp³-hybridized carbons (Fsp3) is 0.278. The van der Waals surface area contributed by atoms with Gasteiger partial charge in [-0.1, -0.05) is 17.7 Å². The van der Waals surface area contributed by atoms with Gasteiger partial charge in [0.15, 0.2) is 0 Å². The number of nitrogens with one attached hydrogen (secondary N) is 1. The molecule has 0 aliphatic heterocycles. The zero-order valence-electron chi connectivity index (χ0n) is 13.1. The van der Waals surface area contributed by atoms with Gasteiger partial charge in [0.25, 0.3) is 5.91 Å². The molecular formula is C18H22N2O. The Morgan fingerprint density at radius 2 is 1.76 bits per heavy atom. The van der Waals surface area contributed by atoms with Crippen molar-refractivity contribution in [1.29, 1.82) is 0 Å². The van der Waals surface area contributed by atoms with Crippen LogP contribution in [0.5, 0.6) is 0 Å². The first-order chi connectivity index (χ1) is 10.0. The van der Waals surface area contributed by atoms with Crippen LogP contribution in [-0.2, 0) is 0 Å². The van der Waals surface area contributed by atoms with Crippen LogP contribution in [0.15, 0.2) is 42.5 Å². The van der Waals surface area contributed by atoms with Gasteiger partial charge in [-0.3, -0.25) is 4.79 Å². The molecule has 0 saturated carbocycles. The molecule has 1 N–H and O–H groups in total. The minimum Gasteiger partial charge on any atom is -0.385 e. The number of rotatable bonds is 4. The number of benzene rings is 2. The monoisotopic (exact) mass is 282 g/mol. The highest BCUT2D eigenvalue weighted by molar-refractivity contribution is 6.06. The van der Waals surface area contributed by atoms with Crippen molar-refractivity contribution in [1.82, 2.24) is 0 Å². The quantitative estimate of drug-likeness (QED) is 0.919. The third kappa shape index (κ3) is 3.43. The number of amides is 1. The average molecular weight is 282 g/mol. The number of aryl methyl sites for hydroxylation is 2. The topological polar surface area (TPSA) is 32.3 Å². The van der Waals surface area contributed by atoms with Crippen molar-refractivity contribution < 1.29 is 4.79 Å².